The molecule has 0 spiro atoms. The van der Waals surface area contributed by atoms with Crippen molar-refractivity contribution in [2.24, 2.45) is 9.98 Å². The highest BCUT2D eigenvalue weighted by atomic mass is 16.7. The average Bonchev–Trinajstić information content (AvgIpc) is 3.58. The van der Waals surface area contributed by atoms with Gasteiger partial charge in [-0.05, 0) is 11.1 Å². The van der Waals surface area contributed by atoms with Crippen molar-refractivity contribution in [1.29, 1.82) is 0 Å². The fourth-order valence-corrected chi connectivity index (χ4v) is 3.36. The van der Waals surface area contributed by atoms with Crippen LogP contribution in [0.3, 0.4) is 0 Å². The van der Waals surface area contributed by atoms with Crippen LogP contribution in [-0.4, -0.2) is 103 Å². The van der Waals surface area contributed by atoms with Crippen molar-refractivity contribution >= 4 is 30.2 Å². The van der Waals surface area contributed by atoms with Gasteiger partial charge in [0, 0.05) is 37.9 Å². The van der Waals surface area contributed by atoms with Gasteiger partial charge in [-0.15, -0.1) is 0 Å². The lowest BCUT2D eigenvalue weighted by Crippen LogP contribution is -2.43. The molecule has 2 aromatic rings. The van der Waals surface area contributed by atoms with Crippen LogP contribution < -0.4 is 16.3 Å². The second-order valence-electron chi connectivity index (χ2n) is 8.29. The fraction of sp³-hybridized carbons (Fsp3) is 0.375. The molecule has 5 rings (SSSR count). The van der Waals surface area contributed by atoms with Crippen molar-refractivity contribution in [3.63, 3.8) is 0 Å². The molecule has 2 unspecified atom stereocenters. The lowest BCUT2D eigenvalue weighted by molar-refractivity contribution is -0.125. The molecule has 4 heterocycles. The first-order valence-corrected chi connectivity index (χ1v) is 11.9. The first-order chi connectivity index (χ1) is 18.6. The summed E-state index contributed by atoms with van der Waals surface area (Å²) in [5, 5.41) is 2.80. The maximum Gasteiger partial charge on any atom is 0.272 e. The molecule has 3 amide bonds. The molecule has 0 radical (unpaired) electrons. The van der Waals surface area contributed by atoms with E-state index in [-0.39, 0.29) is 30.9 Å². The number of benzene rings is 1. The summed E-state index contributed by atoms with van der Waals surface area (Å²) in [6.45, 7) is 4.15. The Bertz CT molecular complexity index is 1080. The number of rotatable bonds is 7. The molecule has 0 bridgehead atoms. The molecule has 38 heavy (non-hydrogen) atoms. The molecule has 0 saturated carbocycles. The molecule has 200 valence electrons. The minimum absolute atomic E-state index is 0.195. The largest absolute Gasteiger partial charge is 0.379 e. The number of nitrogens with zero attached hydrogens (tertiary/aromatic N) is 5. The van der Waals surface area contributed by atoms with Gasteiger partial charge in [-0.3, -0.25) is 43.9 Å². The summed E-state index contributed by atoms with van der Waals surface area (Å²) < 4.78 is 5.21. The Balaban J connectivity index is 0.000000186. The molecule has 3 saturated heterocycles. The van der Waals surface area contributed by atoms with E-state index in [0.717, 1.165) is 37.4 Å². The van der Waals surface area contributed by atoms with Gasteiger partial charge in [0.25, 0.3) is 17.7 Å². The van der Waals surface area contributed by atoms with E-state index in [4.69, 9.17) is 14.4 Å². The summed E-state index contributed by atoms with van der Waals surface area (Å²) in [5.74, 6) is -0.672. The first kappa shape index (κ1) is 26.9. The zero-order chi connectivity index (χ0) is 26.6. The summed E-state index contributed by atoms with van der Waals surface area (Å²) >= 11 is 0. The zero-order valence-corrected chi connectivity index (χ0v) is 20.5. The third-order valence-electron chi connectivity index (χ3n) is 5.54. The van der Waals surface area contributed by atoms with Crippen molar-refractivity contribution in [3.8, 4) is 0 Å². The highest BCUT2D eigenvalue weighted by molar-refractivity contribution is 5.92. The van der Waals surface area contributed by atoms with Crippen LogP contribution in [0.2, 0.25) is 0 Å². The Morgan fingerprint density at radius 1 is 0.974 bits per heavy atom. The number of ether oxygens (including phenoxy) is 1. The number of morpholine rings is 1. The van der Waals surface area contributed by atoms with E-state index in [1.807, 2.05) is 24.3 Å². The van der Waals surface area contributed by atoms with Crippen molar-refractivity contribution in [2.75, 3.05) is 46.2 Å². The predicted molar refractivity (Wildman–Crippen MR) is 134 cm³/mol. The minimum Gasteiger partial charge on any atom is -0.379 e. The van der Waals surface area contributed by atoms with E-state index in [0.29, 0.717) is 12.4 Å². The van der Waals surface area contributed by atoms with Gasteiger partial charge in [-0.2, -0.15) is 0 Å². The molecule has 2 atom stereocenters. The molecule has 0 aliphatic carbocycles. The number of aliphatic imine (C=N–C) groups is 2. The number of carbonyl (C=O) groups is 3. The quantitative estimate of drug-likeness (QED) is 0.380. The fourth-order valence-electron chi connectivity index (χ4n) is 3.36. The third-order valence-corrected chi connectivity index (χ3v) is 5.54. The van der Waals surface area contributed by atoms with Gasteiger partial charge in [-0.1, -0.05) is 24.3 Å². The number of aromatic nitrogens is 2. The molecule has 1 aromatic heterocycles. The van der Waals surface area contributed by atoms with E-state index >= 15 is 0 Å². The van der Waals surface area contributed by atoms with Crippen LogP contribution in [0, 0.1) is 0 Å². The second kappa shape index (κ2) is 14.0. The van der Waals surface area contributed by atoms with Crippen LogP contribution in [0.1, 0.15) is 21.6 Å². The Hall–Kier alpha value is -4.11. The smallest absolute Gasteiger partial charge is 0.272 e. The molecule has 3 aliphatic rings. The number of nitrogens with one attached hydrogen (secondary N) is 3. The number of hydroxylamine groups is 2. The van der Waals surface area contributed by atoms with E-state index in [2.05, 4.69) is 41.1 Å². The summed E-state index contributed by atoms with van der Waals surface area (Å²) in [5.41, 5.74) is 6.56. The van der Waals surface area contributed by atoms with E-state index in [1.165, 1.54) is 12.4 Å². The Labute approximate surface area is 218 Å². The van der Waals surface area contributed by atoms with Gasteiger partial charge >= 0.3 is 0 Å². The maximum absolute atomic E-state index is 11.6. The van der Waals surface area contributed by atoms with Crippen molar-refractivity contribution in [3.05, 3.63) is 59.7 Å². The highest BCUT2D eigenvalue weighted by Gasteiger charge is 2.24. The summed E-state index contributed by atoms with van der Waals surface area (Å²) in [6.07, 6.45) is 7.74. The third kappa shape index (κ3) is 8.21. The van der Waals surface area contributed by atoms with E-state index < -0.39 is 12.1 Å². The standard InChI is InChI=1S/C14H14N4O4.C10H14N4O2/c19-13-11(7-21-17-13)15-5-9-1-2-10(4-3-9)6-16-12-8-22-18-14(12)20;15-10(9-7-11-1-2-12-9)13-8-14-3-5-16-6-4-14/h1-6,11-12H,7-8H2,(H,17,19)(H,18,20);1-2,7H,3-6,8H2,(H,13,15). The monoisotopic (exact) mass is 524 g/mol. The molecule has 14 nitrogen and oxygen atoms in total. The van der Waals surface area contributed by atoms with Gasteiger partial charge in [-0.25, -0.2) is 15.9 Å². The van der Waals surface area contributed by atoms with Gasteiger partial charge in [0.1, 0.15) is 18.9 Å². The molecule has 3 fully saturated rings. The van der Waals surface area contributed by atoms with E-state index in [9.17, 15) is 14.4 Å². The Kier molecular flexibility index (Phi) is 9.92. The molecular weight excluding hydrogens is 496 g/mol. The highest BCUT2D eigenvalue weighted by Crippen LogP contribution is 2.05. The number of amides is 3. The van der Waals surface area contributed by atoms with Crippen LogP contribution in [0.15, 0.2) is 52.8 Å². The second-order valence-corrected chi connectivity index (χ2v) is 8.29. The van der Waals surface area contributed by atoms with Crippen LogP contribution in [-0.2, 0) is 24.0 Å². The van der Waals surface area contributed by atoms with Crippen LogP contribution in [0.25, 0.3) is 0 Å². The van der Waals surface area contributed by atoms with Gasteiger partial charge in [0.05, 0.1) is 26.1 Å². The molecule has 3 N–H and O–H groups in total. The molecule has 1 aromatic carbocycles. The lowest BCUT2D eigenvalue weighted by Gasteiger charge is -2.26. The molecule has 3 aliphatic heterocycles. The first-order valence-electron chi connectivity index (χ1n) is 11.9. The maximum atomic E-state index is 11.6. The zero-order valence-electron chi connectivity index (χ0n) is 20.5. The average molecular weight is 525 g/mol. The number of hydrogen-bond donors (Lipinski definition) is 3. The lowest BCUT2D eigenvalue weighted by atomic mass is 10.1. The van der Waals surface area contributed by atoms with Crippen molar-refractivity contribution < 1.29 is 28.8 Å². The van der Waals surface area contributed by atoms with E-state index in [1.54, 1.807) is 18.6 Å². The Morgan fingerprint density at radius 3 is 2.03 bits per heavy atom. The van der Waals surface area contributed by atoms with Gasteiger partial charge < -0.3 is 10.1 Å². The number of hydrogen-bond acceptors (Lipinski definition) is 11. The topological polar surface area (TPSA) is 169 Å². The van der Waals surface area contributed by atoms with Crippen molar-refractivity contribution in [1.82, 2.24) is 31.1 Å². The predicted octanol–water partition coefficient (Wildman–Crippen LogP) is -1.12. The molecule has 14 heteroatoms. The molecular formula is C24H28N8O6. The Morgan fingerprint density at radius 2 is 1.55 bits per heavy atom. The number of carbonyl (C=O) groups excluding carboxylic acids is 3. The van der Waals surface area contributed by atoms with Crippen LogP contribution in [0.4, 0.5) is 0 Å². The van der Waals surface area contributed by atoms with Crippen molar-refractivity contribution in [2.45, 2.75) is 12.1 Å². The van der Waals surface area contributed by atoms with Gasteiger partial charge in [0.15, 0.2) is 12.1 Å². The van der Waals surface area contributed by atoms with Crippen LogP contribution in [0.5, 0.6) is 0 Å². The summed E-state index contributed by atoms with van der Waals surface area (Å²) in [4.78, 5) is 62.0. The summed E-state index contributed by atoms with van der Waals surface area (Å²) in [7, 11) is 0. The minimum atomic E-state index is -0.498. The van der Waals surface area contributed by atoms with Gasteiger partial charge in [0.2, 0.25) is 0 Å². The normalized spacial score (nSPS) is 21.7. The van der Waals surface area contributed by atoms with Crippen LogP contribution >= 0.6 is 0 Å². The SMILES string of the molecule is O=C(NCN1CCOCC1)c1cnccn1.O=C1NOCC1N=Cc1ccc(C=NC2CONC2=O)cc1. The summed E-state index contributed by atoms with van der Waals surface area (Å²) in [6, 6.07) is 6.41.